The zero-order chi connectivity index (χ0) is 18.4. The zero-order valence-corrected chi connectivity index (χ0v) is 16.1. The monoisotopic (exact) mass is 357 g/mol. The van der Waals surface area contributed by atoms with Crippen molar-refractivity contribution in [2.24, 2.45) is 28.4 Å². The van der Waals surface area contributed by atoms with E-state index in [2.05, 4.69) is 13.8 Å². The lowest BCUT2D eigenvalue weighted by atomic mass is 9.43. The SMILES string of the molecule is CC12CCC(=O)C=C1CCC1(N)C2CC[C@@]2(C)C1CC[C@@]21CCC(=O)O1. The van der Waals surface area contributed by atoms with Gasteiger partial charge in [0.2, 0.25) is 0 Å². The Kier molecular flexibility index (Phi) is 3.27. The number of esters is 1. The molecule has 4 fully saturated rings. The van der Waals surface area contributed by atoms with Crippen molar-refractivity contribution in [3.63, 3.8) is 0 Å². The topological polar surface area (TPSA) is 69.4 Å². The van der Waals surface area contributed by atoms with Gasteiger partial charge in [-0.25, -0.2) is 0 Å². The van der Waals surface area contributed by atoms with Gasteiger partial charge in [-0.1, -0.05) is 19.4 Å². The summed E-state index contributed by atoms with van der Waals surface area (Å²) in [6, 6.07) is 0. The summed E-state index contributed by atoms with van der Waals surface area (Å²) in [5.41, 5.74) is 8.26. The summed E-state index contributed by atoms with van der Waals surface area (Å²) in [4.78, 5) is 23.9. The van der Waals surface area contributed by atoms with Gasteiger partial charge in [0, 0.05) is 23.8 Å². The van der Waals surface area contributed by atoms with Crippen LogP contribution in [0.5, 0.6) is 0 Å². The molecule has 0 aromatic carbocycles. The van der Waals surface area contributed by atoms with Crippen LogP contribution in [0.4, 0.5) is 0 Å². The molecule has 4 aliphatic carbocycles. The molecule has 5 rings (SSSR count). The Hall–Kier alpha value is -1.16. The van der Waals surface area contributed by atoms with E-state index < -0.39 is 0 Å². The molecule has 4 unspecified atom stereocenters. The van der Waals surface area contributed by atoms with Crippen LogP contribution < -0.4 is 5.73 Å². The molecule has 3 saturated carbocycles. The van der Waals surface area contributed by atoms with E-state index >= 15 is 0 Å². The lowest BCUT2D eigenvalue weighted by molar-refractivity contribution is -0.170. The average Bonchev–Trinajstić information content (AvgIpc) is 3.10. The molecule has 26 heavy (non-hydrogen) atoms. The first-order valence-corrected chi connectivity index (χ1v) is 10.5. The minimum Gasteiger partial charge on any atom is -0.458 e. The summed E-state index contributed by atoms with van der Waals surface area (Å²) in [7, 11) is 0. The van der Waals surface area contributed by atoms with Crippen molar-refractivity contribution in [2.45, 2.75) is 89.2 Å². The van der Waals surface area contributed by atoms with Crippen LogP contribution in [0.3, 0.4) is 0 Å². The number of carbonyl (C=O) groups is 2. The normalized spacial score (nSPS) is 53.0. The predicted molar refractivity (Wildman–Crippen MR) is 98.2 cm³/mol. The number of allylic oxidation sites excluding steroid dienone is 1. The maximum absolute atomic E-state index is 12.0. The fourth-order valence-electron chi connectivity index (χ4n) is 8.06. The summed E-state index contributed by atoms with van der Waals surface area (Å²) in [6.07, 6.45) is 11.1. The third-order valence-corrected chi connectivity index (χ3v) is 9.49. The molecule has 0 aromatic rings. The minimum atomic E-state index is -0.272. The van der Waals surface area contributed by atoms with Crippen molar-refractivity contribution in [2.75, 3.05) is 0 Å². The van der Waals surface area contributed by atoms with E-state index in [9.17, 15) is 9.59 Å². The fraction of sp³-hybridized carbons (Fsp3) is 0.818. The number of ether oxygens (including phenoxy) is 1. The lowest BCUT2D eigenvalue weighted by Gasteiger charge is -2.63. The summed E-state index contributed by atoms with van der Waals surface area (Å²) < 4.78 is 6.00. The number of fused-ring (bicyclic) bond motifs is 6. The van der Waals surface area contributed by atoms with Crippen molar-refractivity contribution >= 4 is 11.8 Å². The zero-order valence-electron chi connectivity index (χ0n) is 16.1. The second-order valence-corrected chi connectivity index (χ2v) is 10.2. The molecule has 0 amide bonds. The Morgan fingerprint density at radius 2 is 1.73 bits per heavy atom. The lowest BCUT2D eigenvalue weighted by Crippen LogP contribution is -2.68. The van der Waals surface area contributed by atoms with E-state index in [0.29, 0.717) is 30.5 Å². The van der Waals surface area contributed by atoms with Gasteiger partial charge in [0.25, 0.3) is 0 Å². The summed E-state index contributed by atoms with van der Waals surface area (Å²) in [6.45, 7) is 4.71. The molecule has 0 aromatic heterocycles. The highest BCUT2D eigenvalue weighted by Gasteiger charge is 2.70. The Balaban J connectivity index is 1.54. The molecule has 2 N–H and O–H groups in total. The van der Waals surface area contributed by atoms with Crippen LogP contribution in [0.1, 0.15) is 78.1 Å². The van der Waals surface area contributed by atoms with E-state index in [1.165, 1.54) is 5.57 Å². The first-order chi connectivity index (χ1) is 12.2. The maximum atomic E-state index is 12.0. The van der Waals surface area contributed by atoms with Gasteiger partial charge in [0.1, 0.15) is 5.60 Å². The van der Waals surface area contributed by atoms with Crippen molar-refractivity contribution in [1.82, 2.24) is 0 Å². The van der Waals surface area contributed by atoms with Crippen LogP contribution in [0.2, 0.25) is 0 Å². The molecule has 6 atom stereocenters. The maximum Gasteiger partial charge on any atom is 0.306 e. The number of ketones is 1. The van der Waals surface area contributed by atoms with Crippen LogP contribution in [0.15, 0.2) is 11.6 Å². The van der Waals surface area contributed by atoms with Gasteiger partial charge in [-0.15, -0.1) is 0 Å². The molecule has 4 heteroatoms. The molecule has 1 heterocycles. The van der Waals surface area contributed by atoms with E-state index in [1.54, 1.807) is 0 Å². The second-order valence-electron chi connectivity index (χ2n) is 10.2. The molecular weight excluding hydrogens is 326 g/mol. The van der Waals surface area contributed by atoms with Gasteiger partial charge in [0.15, 0.2) is 5.78 Å². The van der Waals surface area contributed by atoms with Gasteiger partial charge in [-0.3, -0.25) is 9.59 Å². The molecule has 0 bridgehead atoms. The quantitative estimate of drug-likeness (QED) is 0.672. The summed E-state index contributed by atoms with van der Waals surface area (Å²) in [5, 5.41) is 0. The van der Waals surface area contributed by atoms with Crippen molar-refractivity contribution in [1.29, 1.82) is 0 Å². The molecule has 1 saturated heterocycles. The molecule has 0 radical (unpaired) electrons. The van der Waals surface area contributed by atoms with Crippen molar-refractivity contribution in [3.05, 3.63) is 11.6 Å². The molecular formula is C22H31NO3. The number of hydrogen-bond acceptors (Lipinski definition) is 4. The van der Waals surface area contributed by atoms with Crippen LogP contribution in [0.25, 0.3) is 0 Å². The van der Waals surface area contributed by atoms with Gasteiger partial charge in [0.05, 0.1) is 0 Å². The Bertz CT molecular complexity index is 729. The highest BCUT2D eigenvalue weighted by atomic mass is 16.6. The number of hydrogen-bond donors (Lipinski definition) is 1. The summed E-state index contributed by atoms with van der Waals surface area (Å²) in [5.74, 6) is 1.12. The Labute approximate surface area is 155 Å². The minimum absolute atomic E-state index is 0.00642. The first-order valence-electron chi connectivity index (χ1n) is 10.5. The van der Waals surface area contributed by atoms with Crippen molar-refractivity contribution < 1.29 is 14.3 Å². The third kappa shape index (κ3) is 1.85. The Morgan fingerprint density at radius 3 is 2.46 bits per heavy atom. The van der Waals surface area contributed by atoms with Crippen LogP contribution in [-0.4, -0.2) is 22.9 Å². The molecule has 4 nitrogen and oxygen atoms in total. The smallest absolute Gasteiger partial charge is 0.306 e. The molecule has 1 aliphatic heterocycles. The highest BCUT2D eigenvalue weighted by Crippen LogP contribution is 2.70. The Morgan fingerprint density at radius 1 is 0.962 bits per heavy atom. The standard InChI is InChI=1S/C22H31NO3/c1-19-8-4-15(24)13-14(19)3-12-22(23)16(19)5-9-20(2)17(22)6-10-21(20)11-7-18(25)26-21/h13,16-17H,3-12,23H2,1-2H3/t16?,17?,19?,20-,21+,22?/m0/s1. The van der Waals surface area contributed by atoms with Gasteiger partial charge < -0.3 is 10.5 Å². The van der Waals surface area contributed by atoms with Crippen LogP contribution in [0, 0.1) is 22.7 Å². The predicted octanol–water partition coefficient (Wildman–Crippen LogP) is 3.68. The number of rotatable bonds is 0. The average molecular weight is 357 g/mol. The largest absolute Gasteiger partial charge is 0.458 e. The van der Waals surface area contributed by atoms with E-state index in [1.807, 2.05) is 6.08 Å². The van der Waals surface area contributed by atoms with E-state index in [-0.39, 0.29) is 27.9 Å². The second kappa shape index (κ2) is 5.01. The van der Waals surface area contributed by atoms with Gasteiger partial charge >= 0.3 is 5.97 Å². The molecule has 5 aliphatic rings. The van der Waals surface area contributed by atoms with Crippen LogP contribution >= 0.6 is 0 Å². The van der Waals surface area contributed by atoms with Crippen molar-refractivity contribution in [3.8, 4) is 0 Å². The highest BCUT2D eigenvalue weighted by molar-refractivity contribution is 5.91. The van der Waals surface area contributed by atoms with E-state index in [4.69, 9.17) is 10.5 Å². The molecule has 142 valence electrons. The number of nitrogens with two attached hydrogens (primary N) is 1. The summed E-state index contributed by atoms with van der Waals surface area (Å²) >= 11 is 0. The number of carbonyl (C=O) groups excluding carboxylic acids is 2. The van der Waals surface area contributed by atoms with Crippen LogP contribution in [-0.2, 0) is 14.3 Å². The fourth-order valence-corrected chi connectivity index (χ4v) is 8.06. The van der Waals surface area contributed by atoms with Gasteiger partial charge in [-0.05, 0) is 74.7 Å². The van der Waals surface area contributed by atoms with Gasteiger partial charge in [-0.2, -0.15) is 0 Å². The third-order valence-electron chi connectivity index (χ3n) is 9.49. The first kappa shape index (κ1) is 17.0. The van der Waals surface area contributed by atoms with E-state index in [0.717, 1.165) is 51.4 Å². The molecule has 1 spiro atoms.